The largest absolute Gasteiger partial charge is 0.444 e. The molecule has 162 valence electrons. The maximum atomic E-state index is 13.1. The van der Waals surface area contributed by atoms with Gasteiger partial charge in [-0.15, -0.1) is 0 Å². The lowest BCUT2D eigenvalue weighted by Gasteiger charge is -2.33. The molecule has 4 rings (SSSR count). The summed E-state index contributed by atoms with van der Waals surface area (Å²) in [5.74, 6) is -0.0765. The predicted octanol–water partition coefficient (Wildman–Crippen LogP) is 3.19. The minimum absolute atomic E-state index is 0.133. The summed E-state index contributed by atoms with van der Waals surface area (Å²) < 4.78 is 45.9. The van der Waals surface area contributed by atoms with Crippen molar-refractivity contribution in [2.45, 2.75) is 18.4 Å². The van der Waals surface area contributed by atoms with E-state index >= 15 is 0 Å². The minimum Gasteiger partial charge on any atom is -0.444 e. The molecule has 7 nitrogen and oxygen atoms in total. The van der Waals surface area contributed by atoms with E-state index in [2.05, 4.69) is 9.88 Å². The Morgan fingerprint density at radius 2 is 1.81 bits per heavy atom. The number of rotatable bonds is 6. The average Bonchev–Trinajstić information content (AvgIpc) is 3.23. The molecule has 3 aromatic rings. The first-order chi connectivity index (χ1) is 14.8. The van der Waals surface area contributed by atoms with Gasteiger partial charge in [-0.25, -0.2) is 17.8 Å². The number of carbonyl (C=O) groups is 1. The summed E-state index contributed by atoms with van der Waals surface area (Å²) in [6.07, 6.45) is 1.56. The average molecular weight is 444 g/mol. The number of benzene rings is 2. The molecule has 0 N–H and O–H groups in total. The first-order valence-electron chi connectivity index (χ1n) is 9.87. The van der Waals surface area contributed by atoms with Gasteiger partial charge >= 0.3 is 0 Å². The highest BCUT2D eigenvalue weighted by atomic mass is 32.2. The van der Waals surface area contributed by atoms with Crippen molar-refractivity contribution in [1.29, 1.82) is 0 Å². The number of halogens is 1. The Morgan fingerprint density at radius 3 is 2.48 bits per heavy atom. The smallest absolute Gasteiger partial charge is 0.243 e. The van der Waals surface area contributed by atoms with Crippen LogP contribution in [0.5, 0.6) is 0 Å². The number of hydrogen-bond acceptors (Lipinski definition) is 6. The molecule has 0 aliphatic carbocycles. The van der Waals surface area contributed by atoms with Crippen LogP contribution in [0.3, 0.4) is 0 Å². The van der Waals surface area contributed by atoms with Gasteiger partial charge in [-0.2, -0.15) is 4.31 Å². The molecule has 2 heterocycles. The van der Waals surface area contributed by atoms with Crippen molar-refractivity contribution in [3.8, 4) is 11.5 Å². The van der Waals surface area contributed by atoms with E-state index in [1.54, 1.807) is 30.5 Å². The van der Waals surface area contributed by atoms with Crippen LogP contribution in [0.2, 0.25) is 0 Å². The summed E-state index contributed by atoms with van der Waals surface area (Å²) in [5.41, 5.74) is 1.80. The Bertz CT molecular complexity index is 1180. The van der Waals surface area contributed by atoms with Gasteiger partial charge in [-0.1, -0.05) is 12.1 Å². The number of Topliss-reactive ketones (excluding diaryl/α,β-unsaturated/α-hetero) is 1. The Morgan fingerprint density at radius 1 is 1.10 bits per heavy atom. The van der Waals surface area contributed by atoms with E-state index in [4.69, 9.17) is 4.42 Å². The zero-order chi connectivity index (χ0) is 22.0. The number of ketones is 1. The third-order valence-electron chi connectivity index (χ3n) is 5.24. The Kier molecular flexibility index (Phi) is 5.99. The van der Waals surface area contributed by atoms with Crippen LogP contribution in [-0.4, -0.2) is 54.6 Å². The summed E-state index contributed by atoms with van der Waals surface area (Å²) in [6, 6.07) is 12.1. The summed E-state index contributed by atoms with van der Waals surface area (Å²) in [7, 11) is -3.66. The van der Waals surface area contributed by atoms with Crippen LogP contribution in [0.1, 0.15) is 23.0 Å². The van der Waals surface area contributed by atoms with Gasteiger partial charge in [0.15, 0.2) is 5.78 Å². The zero-order valence-electron chi connectivity index (χ0n) is 17.0. The second kappa shape index (κ2) is 8.70. The lowest BCUT2D eigenvalue weighted by molar-refractivity contribution is 0.101. The SMILES string of the molecule is CC(=O)c1cccc(S(=O)(=O)N2CCN(Cc3coc(-c4ccc(F)cc4)n3)CC2)c1. The lowest BCUT2D eigenvalue weighted by Crippen LogP contribution is -2.48. The van der Waals surface area contributed by atoms with Crippen molar-refractivity contribution in [3.05, 3.63) is 71.9 Å². The quantitative estimate of drug-likeness (QED) is 0.544. The van der Waals surface area contributed by atoms with Crippen molar-refractivity contribution in [2.75, 3.05) is 26.2 Å². The molecule has 0 bridgehead atoms. The van der Waals surface area contributed by atoms with Gasteiger partial charge in [-0.05, 0) is 43.3 Å². The molecule has 1 saturated heterocycles. The number of oxazole rings is 1. The van der Waals surface area contributed by atoms with Gasteiger partial charge in [-0.3, -0.25) is 9.69 Å². The molecular formula is C22H22FN3O4S. The van der Waals surface area contributed by atoms with E-state index in [-0.39, 0.29) is 16.5 Å². The van der Waals surface area contributed by atoms with Gasteiger partial charge in [0.2, 0.25) is 15.9 Å². The summed E-state index contributed by atoms with van der Waals surface area (Å²) in [6.45, 7) is 3.72. The number of carbonyl (C=O) groups excluding carboxylic acids is 1. The molecule has 1 fully saturated rings. The summed E-state index contributed by atoms with van der Waals surface area (Å²) in [5, 5.41) is 0. The molecule has 1 aliphatic rings. The zero-order valence-corrected chi connectivity index (χ0v) is 17.8. The van der Waals surface area contributed by atoms with E-state index in [1.807, 2.05) is 0 Å². The fraction of sp³-hybridized carbons (Fsp3) is 0.273. The van der Waals surface area contributed by atoms with Crippen molar-refractivity contribution in [3.63, 3.8) is 0 Å². The molecule has 0 atom stereocenters. The first-order valence-corrected chi connectivity index (χ1v) is 11.3. The molecule has 1 aromatic heterocycles. The van der Waals surface area contributed by atoms with E-state index in [1.165, 1.54) is 35.5 Å². The van der Waals surface area contributed by atoms with Gasteiger partial charge in [0, 0.05) is 43.9 Å². The van der Waals surface area contributed by atoms with Crippen LogP contribution >= 0.6 is 0 Å². The van der Waals surface area contributed by atoms with Crippen molar-refractivity contribution < 1.29 is 22.0 Å². The Labute approximate surface area is 180 Å². The van der Waals surface area contributed by atoms with Crippen LogP contribution in [0.4, 0.5) is 4.39 Å². The van der Waals surface area contributed by atoms with Gasteiger partial charge < -0.3 is 4.42 Å². The molecule has 0 radical (unpaired) electrons. The normalized spacial score (nSPS) is 15.8. The van der Waals surface area contributed by atoms with Crippen LogP contribution in [0.25, 0.3) is 11.5 Å². The van der Waals surface area contributed by atoms with Gasteiger partial charge in [0.1, 0.15) is 12.1 Å². The topological polar surface area (TPSA) is 83.7 Å². The number of aromatic nitrogens is 1. The summed E-state index contributed by atoms with van der Waals surface area (Å²) >= 11 is 0. The highest BCUT2D eigenvalue weighted by molar-refractivity contribution is 7.89. The summed E-state index contributed by atoms with van der Waals surface area (Å²) in [4.78, 5) is 18.3. The molecular weight excluding hydrogens is 421 g/mol. The number of hydrogen-bond donors (Lipinski definition) is 0. The second-order valence-electron chi connectivity index (χ2n) is 7.42. The fourth-order valence-electron chi connectivity index (χ4n) is 3.49. The lowest BCUT2D eigenvalue weighted by atomic mass is 10.2. The third kappa shape index (κ3) is 4.73. The highest BCUT2D eigenvalue weighted by Gasteiger charge is 2.29. The highest BCUT2D eigenvalue weighted by Crippen LogP contribution is 2.22. The number of piperazine rings is 1. The van der Waals surface area contributed by atoms with E-state index in [0.717, 1.165) is 5.69 Å². The van der Waals surface area contributed by atoms with E-state index < -0.39 is 10.0 Å². The fourth-order valence-corrected chi connectivity index (χ4v) is 4.95. The maximum Gasteiger partial charge on any atom is 0.243 e. The predicted molar refractivity (Wildman–Crippen MR) is 112 cm³/mol. The first kappa shape index (κ1) is 21.4. The van der Waals surface area contributed by atoms with Crippen molar-refractivity contribution >= 4 is 15.8 Å². The second-order valence-corrected chi connectivity index (χ2v) is 9.35. The van der Waals surface area contributed by atoms with Gasteiger partial charge in [0.05, 0.1) is 10.6 Å². The monoisotopic (exact) mass is 443 g/mol. The van der Waals surface area contributed by atoms with E-state index in [0.29, 0.717) is 49.7 Å². The van der Waals surface area contributed by atoms with Gasteiger partial charge in [0.25, 0.3) is 0 Å². The molecule has 0 spiro atoms. The van der Waals surface area contributed by atoms with Crippen molar-refractivity contribution in [1.82, 2.24) is 14.2 Å². The maximum absolute atomic E-state index is 13.1. The molecule has 0 amide bonds. The van der Waals surface area contributed by atoms with Crippen molar-refractivity contribution in [2.24, 2.45) is 0 Å². The Balaban J connectivity index is 1.38. The molecule has 9 heteroatoms. The standard InChI is InChI=1S/C22H22FN3O4S/c1-16(27)18-3-2-4-21(13-18)31(28,29)26-11-9-25(10-12-26)14-20-15-30-22(24-20)17-5-7-19(23)8-6-17/h2-8,13,15H,9-12,14H2,1H3. The van der Waals surface area contributed by atoms with Crippen LogP contribution in [0, 0.1) is 5.82 Å². The minimum atomic E-state index is -3.66. The Hall–Kier alpha value is -2.88. The number of nitrogens with zero attached hydrogens (tertiary/aromatic N) is 3. The molecule has 31 heavy (non-hydrogen) atoms. The molecule has 2 aromatic carbocycles. The van der Waals surface area contributed by atoms with Crippen LogP contribution < -0.4 is 0 Å². The third-order valence-corrected chi connectivity index (χ3v) is 7.13. The molecule has 0 unspecified atom stereocenters. The number of sulfonamides is 1. The van der Waals surface area contributed by atoms with E-state index in [9.17, 15) is 17.6 Å². The van der Waals surface area contributed by atoms with Crippen LogP contribution in [0.15, 0.2) is 64.1 Å². The van der Waals surface area contributed by atoms with Crippen LogP contribution in [-0.2, 0) is 16.6 Å². The molecule has 0 saturated carbocycles. The molecule has 1 aliphatic heterocycles.